The second-order valence-corrected chi connectivity index (χ2v) is 4.04. The first kappa shape index (κ1) is 11.3. The van der Waals surface area contributed by atoms with Gasteiger partial charge in [-0.25, -0.2) is 0 Å². The first-order valence-corrected chi connectivity index (χ1v) is 6.23. The molecule has 0 radical (unpaired) electrons. The second-order valence-electron chi connectivity index (χ2n) is 1.81. The monoisotopic (exact) mass is 207 g/mol. The summed E-state index contributed by atoms with van der Waals surface area (Å²) < 4.78 is 0.877. The predicted molar refractivity (Wildman–Crippen MR) is 61.4 cm³/mol. The molecule has 0 aliphatic heterocycles. The van der Waals surface area contributed by atoms with E-state index in [1.807, 2.05) is 6.26 Å². The molecule has 0 amide bonds. The molecule has 0 aromatic carbocycles. The lowest BCUT2D eigenvalue weighted by Crippen LogP contribution is -2.18. The van der Waals surface area contributed by atoms with Crippen LogP contribution in [-0.4, -0.2) is 23.4 Å². The Balaban J connectivity index is 3.14. The Labute approximate surface area is 82.4 Å². The molecule has 0 saturated carbocycles. The van der Waals surface area contributed by atoms with Gasteiger partial charge in [-0.05, 0) is 24.3 Å². The third kappa shape index (κ3) is 8.23. The number of rotatable bonds is 4. The first-order chi connectivity index (χ1) is 5.31. The minimum absolute atomic E-state index is 0.877. The van der Waals surface area contributed by atoms with Crippen LogP contribution in [0.5, 0.6) is 0 Å². The zero-order valence-electron chi connectivity index (χ0n) is 6.79. The number of thioether (sulfide) groups is 2. The highest BCUT2D eigenvalue weighted by Crippen LogP contribution is 1.96. The molecule has 0 rings (SSSR count). The number of thiocarbonyl (C=S) groups is 1. The van der Waals surface area contributed by atoms with Gasteiger partial charge in [0.05, 0.1) is 0 Å². The molecule has 64 valence electrons. The van der Waals surface area contributed by atoms with Crippen LogP contribution in [0.25, 0.3) is 0 Å². The van der Waals surface area contributed by atoms with Gasteiger partial charge in [0.2, 0.25) is 0 Å². The fraction of sp³-hybridized carbons (Fsp3) is 0.571. The van der Waals surface area contributed by atoms with E-state index in [9.17, 15) is 0 Å². The summed E-state index contributed by atoms with van der Waals surface area (Å²) in [5.74, 6) is 0. The van der Waals surface area contributed by atoms with Gasteiger partial charge in [-0.2, -0.15) is 0 Å². The third-order valence-electron chi connectivity index (χ3n) is 0.998. The molecule has 0 aliphatic carbocycles. The van der Waals surface area contributed by atoms with E-state index in [1.165, 1.54) is 0 Å². The lowest BCUT2D eigenvalue weighted by Gasteiger charge is -2.01. The van der Waals surface area contributed by atoms with E-state index in [1.54, 1.807) is 23.5 Å². The molecule has 0 bridgehead atoms. The summed E-state index contributed by atoms with van der Waals surface area (Å²) in [6.45, 7) is 0.941. The molecule has 0 aromatic heterocycles. The Morgan fingerprint density at radius 3 is 2.82 bits per heavy atom. The Morgan fingerprint density at radius 1 is 1.55 bits per heavy atom. The maximum Gasteiger partial charge on any atom is 0.133 e. The van der Waals surface area contributed by atoms with Crippen LogP contribution in [0.3, 0.4) is 0 Å². The second kappa shape index (κ2) is 8.43. The highest BCUT2D eigenvalue weighted by atomic mass is 32.2. The van der Waals surface area contributed by atoms with Crippen LogP contribution < -0.4 is 5.32 Å². The maximum atomic E-state index is 4.96. The average Bonchev–Trinajstić information content (AvgIpc) is 2.04. The fourth-order valence-electron chi connectivity index (χ4n) is 0.494. The van der Waals surface area contributed by atoms with Crippen LogP contribution in [0.1, 0.15) is 6.42 Å². The van der Waals surface area contributed by atoms with Crippen LogP contribution in [0.2, 0.25) is 0 Å². The van der Waals surface area contributed by atoms with Gasteiger partial charge < -0.3 is 5.32 Å². The summed E-state index contributed by atoms with van der Waals surface area (Å²) in [6.07, 6.45) is 7.21. The van der Waals surface area contributed by atoms with E-state index in [4.69, 9.17) is 12.2 Å². The lowest BCUT2D eigenvalue weighted by atomic mass is 10.4. The zero-order chi connectivity index (χ0) is 8.53. The number of hydrogen-bond acceptors (Lipinski definition) is 3. The van der Waals surface area contributed by atoms with Gasteiger partial charge in [0.25, 0.3) is 0 Å². The SMILES string of the molecule is CS/C=C/CCNC(=S)SC. The number of hydrogen-bond donors (Lipinski definition) is 1. The van der Waals surface area contributed by atoms with Crippen molar-refractivity contribution >= 4 is 40.1 Å². The minimum Gasteiger partial charge on any atom is -0.371 e. The van der Waals surface area contributed by atoms with E-state index >= 15 is 0 Å². The lowest BCUT2D eigenvalue weighted by molar-refractivity contribution is 0.910. The van der Waals surface area contributed by atoms with E-state index in [0.717, 1.165) is 17.3 Å². The maximum absolute atomic E-state index is 4.96. The Morgan fingerprint density at radius 2 is 2.27 bits per heavy atom. The fourth-order valence-corrected chi connectivity index (χ4v) is 1.17. The standard InChI is InChI=1S/C7H13NS3/c1-10-6-4-3-5-8-7(9)11-2/h4,6H,3,5H2,1-2H3,(H,8,9)/b6-4+. The van der Waals surface area contributed by atoms with Crippen molar-refractivity contribution in [1.82, 2.24) is 5.32 Å². The van der Waals surface area contributed by atoms with Gasteiger partial charge in [0.1, 0.15) is 4.32 Å². The van der Waals surface area contributed by atoms with Gasteiger partial charge in [-0.1, -0.05) is 18.3 Å². The quantitative estimate of drug-likeness (QED) is 0.561. The van der Waals surface area contributed by atoms with Gasteiger partial charge in [0, 0.05) is 6.54 Å². The Bertz CT molecular complexity index is 134. The van der Waals surface area contributed by atoms with Gasteiger partial charge in [-0.3, -0.25) is 0 Å². The summed E-state index contributed by atoms with van der Waals surface area (Å²) in [4.78, 5) is 0. The zero-order valence-corrected chi connectivity index (χ0v) is 9.24. The molecule has 0 spiro atoms. The normalized spacial score (nSPS) is 10.4. The van der Waals surface area contributed by atoms with Crippen molar-refractivity contribution in [2.45, 2.75) is 6.42 Å². The van der Waals surface area contributed by atoms with E-state index < -0.39 is 0 Å². The van der Waals surface area contributed by atoms with Crippen molar-refractivity contribution in [3.63, 3.8) is 0 Å². The van der Waals surface area contributed by atoms with E-state index in [2.05, 4.69) is 23.1 Å². The Hall–Kier alpha value is 0.330. The highest BCUT2D eigenvalue weighted by molar-refractivity contribution is 8.22. The molecule has 0 aromatic rings. The summed E-state index contributed by atoms with van der Waals surface area (Å²) in [5.41, 5.74) is 0. The van der Waals surface area contributed by atoms with Gasteiger partial charge >= 0.3 is 0 Å². The van der Waals surface area contributed by atoms with E-state index in [-0.39, 0.29) is 0 Å². The molecule has 0 unspecified atom stereocenters. The van der Waals surface area contributed by atoms with Crippen LogP contribution in [0, 0.1) is 0 Å². The molecule has 1 N–H and O–H groups in total. The van der Waals surface area contributed by atoms with E-state index in [0.29, 0.717) is 0 Å². The molecule has 4 heteroatoms. The molecule has 1 nitrogen and oxygen atoms in total. The van der Waals surface area contributed by atoms with Gasteiger partial charge in [0.15, 0.2) is 0 Å². The summed E-state index contributed by atoms with van der Waals surface area (Å²) in [5, 5.41) is 5.21. The first-order valence-electron chi connectivity index (χ1n) is 3.31. The summed E-state index contributed by atoms with van der Waals surface area (Å²) in [7, 11) is 0. The molecule has 0 atom stereocenters. The van der Waals surface area contributed by atoms with Crippen LogP contribution in [0.4, 0.5) is 0 Å². The number of nitrogens with one attached hydrogen (secondary N) is 1. The average molecular weight is 207 g/mol. The molecule has 0 heterocycles. The molecule has 0 saturated heterocycles. The minimum atomic E-state index is 0.877. The van der Waals surface area contributed by atoms with Crippen LogP contribution in [0.15, 0.2) is 11.5 Å². The van der Waals surface area contributed by atoms with Crippen molar-refractivity contribution in [3.05, 3.63) is 11.5 Å². The summed E-state index contributed by atoms with van der Waals surface area (Å²) >= 11 is 8.26. The molecule has 0 aliphatic rings. The van der Waals surface area contributed by atoms with Crippen LogP contribution in [-0.2, 0) is 0 Å². The van der Waals surface area contributed by atoms with Crippen molar-refractivity contribution < 1.29 is 0 Å². The van der Waals surface area contributed by atoms with Crippen molar-refractivity contribution in [2.75, 3.05) is 19.1 Å². The molecular formula is C7H13NS3. The molecule has 11 heavy (non-hydrogen) atoms. The van der Waals surface area contributed by atoms with Crippen molar-refractivity contribution in [1.29, 1.82) is 0 Å². The smallest absolute Gasteiger partial charge is 0.133 e. The van der Waals surface area contributed by atoms with Gasteiger partial charge in [-0.15, -0.1) is 23.5 Å². The third-order valence-corrected chi connectivity index (χ3v) is 2.62. The van der Waals surface area contributed by atoms with Crippen molar-refractivity contribution in [2.24, 2.45) is 0 Å². The largest absolute Gasteiger partial charge is 0.371 e. The summed E-state index contributed by atoms with van der Waals surface area (Å²) in [6, 6.07) is 0. The molecule has 0 fully saturated rings. The highest BCUT2D eigenvalue weighted by Gasteiger charge is 1.87. The topological polar surface area (TPSA) is 12.0 Å². The molecular weight excluding hydrogens is 194 g/mol. The predicted octanol–water partition coefficient (Wildman–Crippen LogP) is 2.49. The van der Waals surface area contributed by atoms with Crippen LogP contribution >= 0.6 is 35.7 Å². The Kier molecular flexibility index (Phi) is 8.68. The van der Waals surface area contributed by atoms with Crippen molar-refractivity contribution in [3.8, 4) is 0 Å².